The molecule has 3 atom stereocenters. The van der Waals surface area contributed by atoms with Crippen molar-refractivity contribution in [3.63, 3.8) is 0 Å². The Hall–Kier alpha value is -3.02. The average Bonchev–Trinajstić information content (AvgIpc) is 3.02. The number of alkyl halides is 4. The maximum atomic E-state index is 13.8. The van der Waals surface area contributed by atoms with Crippen LogP contribution in [-0.4, -0.2) is 62.7 Å². The van der Waals surface area contributed by atoms with E-state index in [-0.39, 0.29) is 5.57 Å². The Kier molecular flexibility index (Phi) is 6.26. The molecule has 0 radical (unpaired) electrons. The second-order valence-electron chi connectivity index (χ2n) is 8.82. The number of fused-ring (bicyclic) bond motifs is 3. The fourth-order valence-electron chi connectivity index (χ4n) is 4.75. The zero-order valence-corrected chi connectivity index (χ0v) is 19.9. The summed E-state index contributed by atoms with van der Waals surface area (Å²) in [6, 6.07) is 12.1. The molecule has 3 aliphatic heterocycles. The van der Waals surface area contributed by atoms with Gasteiger partial charge in [-0.25, -0.2) is 4.39 Å². The Morgan fingerprint density at radius 2 is 1.78 bits per heavy atom. The number of amides is 1. The van der Waals surface area contributed by atoms with E-state index in [1.54, 1.807) is 11.8 Å². The van der Waals surface area contributed by atoms with Crippen molar-refractivity contribution < 1.29 is 32.6 Å². The third-order valence-corrected chi connectivity index (χ3v) is 7.89. The third kappa shape index (κ3) is 3.95. The standard InChI is InChI=1S/C25H23F4N3O3S/c1-14(25(27,28)29)30-13-32(31-11-16(10-26)22(33)23(34)21(31)24(30)35)20-17-7-3-2-6-15(17)12-36-19-9-5-4-8-18(19)20/h2-9,11,14,20,22,33-34H,10,12-13H2,1H3/t14-,20+,22?/m1/s1. The molecule has 0 spiro atoms. The molecule has 2 aromatic rings. The number of benzene rings is 2. The molecule has 1 saturated heterocycles. The summed E-state index contributed by atoms with van der Waals surface area (Å²) in [5.41, 5.74) is 1.81. The highest BCUT2D eigenvalue weighted by atomic mass is 32.2. The van der Waals surface area contributed by atoms with E-state index in [2.05, 4.69) is 0 Å². The van der Waals surface area contributed by atoms with Crippen LogP contribution in [0.3, 0.4) is 0 Å². The smallest absolute Gasteiger partial charge is 0.408 e. The lowest BCUT2D eigenvalue weighted by Crippen LogP contribution is -2.63. The second-order valence-corrected chi connectivity index (χ2v) is 9.84. The summed E-state index contributed by atoms with van der Waals surface area (Å²) in [6.07, 6.45) is -5.38. The zero-order valence-electron chi connectivity index (χ0n) is 19.1. The highest BCUT2D eigenvalue weighted by Gasteiger charge is 2.51. The number of aliphatic hydroxyl groups is 2. The first-order valence-electron chi connectivity index (χ1n) is 11.2. The lowest BCUT2D eigenvalue weighted by molar-refractivity contribution is -0.204. The van der Waals surface area contributed by atoms with Gasteiger partial charge in [-0.3, -0.25) is 9.80 Å². The predicted molar refractivity (Wildman–Crippen MR) is 125 cm³/mol. The summed E-state index contributed by atoms with van der Waals surface area (Å²) >= 11 is 1.58. The van der Waals surface area contributed by atoms with Gasteiger partial charge < -0.3 is 15.1 Å². The van der Waals surface area contributed by atoms with Gasteiger partial charge in [0.1, 0.15) is 18.8 Å². The van der Waals surface area contributed by atoms with Gasteiger partial charge in [0, 0.05) is 22.4 Å². The fourth-order valence-corrected chi connectivity index (χ4v) is 5.85. The van der Waals surface area contributed by atoms with Crippen LogP contribution in [0.15, 0.2) is 76.7 Å². The van der Waals surface area contributed by atoms with Crippen molar-refractivity contribution in [3.05, 3.63) is 88.5 Å². The Bertz CT molecular complexity index is 1220. The van der Waals surface area contributed by atoms with Crippen molar-refractivity contribution >= 4 is 17.7 Å². The molecule has 0 aromatic heterocycles. The summed E-state index contributed by atoms with van der Waals surface area (Å²) in [4.78, 5) is 14.8. The molecule has 1 amide bonds. The molecule has 0 bridgehead atoms. The molecular weight excluding hydrogens is 498 g/mol. The molecular formula is C25H23F4N3O3S. The molecule has 0 aliphatic carbocycles. The van der Waals surface area contributed by atoms with Crippen LogP contribution < -0.4 is 0 Å². The monoisotopic (exact) mass is 521 g/mol. The van der Waals surface area contributed by atoms with Gasteiger partial charge in [-0.1, -0.05) is 42.5 Å². The van der Waals surface area contributed by atoms with Crippen molar-refractivity contribution in [1.82, 2.24) is 14.9 Å². The summed E-state index contributed by atoms with van der Waals surface area (Å²) < 4.78 is 55.2. The van der Waals surface area contributed by atoms with Gasteiger partial charge in [0.05, 0.1) is 12.7 Å². The van der Waals surface area contributed by atoms with Crippen LogP contribution in [0, 0.1) is 0 Å². The lowest BCUT2D eigenvalue weighted by Gasteiger charge is -2.50. The average molecular weight is 522 g/mol. The van der Waals surface area contributed by atoms with Crippen molar-refractivity contribution in [1.29, 1.82) is 0 Å². The number of hydrogen-bond acceptors (Lipinski definition) is 6. The molecule has 36 heavy (non-hydrogen) atoms. The van der Waals surface area contributed by atoms with Gasteiger partial charge in [-0.05, 0) is 29.7 Å². The van der Waals surface area contributed by atoms with Gasteiger partial charge in [0.15, 0.2) is 11.5 Å². The summed E-state index contributed by atoms with van der Waals surface area (Å²) in [7, 11) is 0. The van der Waals surface area contributed by atoms with Gasteiger partial charge in [0.25, 0.3) is 5.91 Å². The minimum absolute atomic E-state index is 0.212. The van der Waals surface area contributed by atoms with Crippen molar-refractivity contribution in [2.24, 2.45) is 0 Å². The molecule has 0 saturated carbocycles. The molecule has 190 valence electrons. The van der Waals surface area contributed by atoms with Crippen LogP contribution in [-0.2, 0) is 10.5 Å². The topological polar surface area (TPSA) is 67.2 Å². The van der Waals surface area contributed by atoms with Gasteiger partial charge in [-0.2, -0.15) is 18.2 Å². The largest absolute Gasteiger partial charge is 0.507 e. The number of thioether (sulfide) groups is 1. The van der Waals surface area contributed by atoms with Crippen molar-refractivity contribution in [2.45, 2.75) is 41.9 Å². The number of halogens is 4. The highest BCUT2D eigenvalue weighted by Crippen LogP contribution is 2.46. The van der Waals surface area contributed by atoms with Crippen LogP contribution in [0.1, 0.15) is 29.7 Å². The van der Waals surface area contributed by atoms with Gasteiger partial charge in [-0.15, -0.1) is 11.8 Å². The molecule has 2 N–H and O–H groups in total. The molecule has 1 fully saturated rings. The first-order valence-corrected chi connectivity index (χ1v) is 12.2. The maximum Gasteiger partial charge on any atom is 0.408 e. The van der Waals surface area contributed by atoms with E-state index in [1.165, 1.54) is 16.2 Å². The fraction of sp³-hybridized carbons (Fsp3) is 0.320. The quantitative estimate of drug-likeness (QED) is 0.574. The van der Waals surface area contributed by atoms with Crippen LogP contribution in [0.5, 0.6) is 0 Å². The maximum absolute atomic E-state index is 13.8. The van der Waals surface area contributed by atoms with E-state index in [4.69, 9.17) is 0 Å². The van der Waals surface area contributed by atoms with Crippen LogP contribution >= 0.6 is 11.8 Å². The number of carbonyl (C=O) groups is 1. The minimum atomic E-state index is -4.73. The van der Waals surface area contributed by atoms with Crippen LogP contribution in [0.2, 0.25) is 0 Å². The molecule has 3 aliphatic rings. The normalized spacial score (nSPS) is 23.5. The van der Waals surface area contributed by atoms with Crippen LogP contribution in [0.4, 0.5) is 17.6 Å². The molecule has 3 heterocycles. The van der Waals surface area contributed by atoms with Crippen molar-refractivity contribution in [3.8, 4) is 0 Å². The van der Waals surface area contributed by atoms with Gasteiger partial charge >= 0.3 is 6.18 Å². The molecule has 2 aromatic carbocycles. The predicted octanol–water partition coefficient (Wildman–Crippen LogP) is 4.65. The van der Waals surface area contributed by atoms with Crippen LogP contribution in [0.25, 0.3) is 0 Å². The minimum Gasteiger partial charge on any atom is -0.507 e. The Labute approximate surface area is 209 Å². The first kappa shape index (κ1) is 24.7. The Morgan fingerprint density at radius 3 is 2.47 bits per heavy atom. The molecule has 6 nitrogen and oxygen atoms in total. The molecule has 1 unspecified atom stereocenters. The number of nitrogens with zero attached hydrogens (tertiary/aromatic N) is 3. The van der Waals surface area contributed by atoms with E-state index >= 15 is 0 Å². The Balaban J connectivity index is 1.74. The molecule has 5 rings (SSSR count). The number of hydrogen-bond donors (Lipinski definition) is 2. The highest BCUT2D eigenvalue weighted by molar-refractivity contribution is 7.98. The van der Waals surface area contributed by atoms with E-state index < -0.39 is 55.1 Å². The van der Waals surface area contributed by atoms with E-state index in [0.717, 1.165) is 28.5 Å². The summed E-state index contributed by atoms with van der Waals surface area (Å²) in [5.74, 6) is -1.37. The SMILES string of the molecule is C[C@@H](N1CN([C@H]2c3ccccc3CSc3ccccc32)N2C=C(CF)C(O)C(O)=C2C1=O)C(F)(F)F. The number of rotatable bonds is 3. The van der Waals surface area contributed by atoms with E-state index in [0.29, 0.717) is 10.7 Å². The van der Waals surface area contributed by atoms with Gasteiger partial charge in [0.2, 0.25) is 0 Å². The van der Waals surface area contributed by atoms with E-state index in [1.807, 2.05) is 48.5 Å². The van der Waals surface area contributed by atoms with E-state index in [9.17, 15) is 32.6 Å². The first-order chi connectivity index (χ1) is 17.1. The molecule has 11 heteroatoms. The summed E-state index contributed by atoms with van der Waals surface area (Å²) in [5, 5.41) is 23.8. The second kappa shape index (κ2) is 9.13. The number of hydrazine groups is 1. The summed E-state index contributed by atoms with van der Waals surface area (Å²) in [6.45, 7) is -0.732. The third-order valence-electron chi connectivity index (χ3n) is 6.75. The zero-order chi connectivity index (χ0) is 25.8. The Morgan fingerprint density at radius 1 is 1.11 bits per heavy atom. The van der Waals surface area contributed by atoms with Crippen molar-refractivity contribution in [2.75, 3.05) is 13.3 Å². The number of carbonyl (C=O) groups excluding carboxylic acids is 1. The lowest BCUT2D eigenvalue weighted by atomic mass is 9.93. The number of aliphatic hydroxyl groups excluding tert-OH is 2.